The molecule has 0 saturated carbocycles. The van der Waals surface area contributed by atoms with Crippen molar-refractivity contribution in [2.24, 2.45) is 0 Å². The van der Waals surface area contributed by atoms with Gasteiger partial charge in [-0.05, 0) is 25.7 Å². The molecule has 0 fully saturated rings. The molecule has 107 valence electrons. The van der Waals surface area contributed by atoms with Crippen molar-refractivity contribution in [2.75, 3.05) is 11.9 Å². The molecular formula is C16H30BrO. The minimum atomic E-state index is 0.839. The number of allylic oxidation sites excluding steroid dienone is 1. The van der Waals surface area contributed by atoms with E-state index in [4.69, 9.17) is 4.74 Å². The van der Waals surface area contributed by atoms with E-state index < -0.39 is 0 Å². The summed E-state index contributed by atoms with van der Waals surface area (Å²) in [5.41, 5.74) is 0. The zero-order valence-electron chi connectivity index (χ0n) is 12.0. The summed E-state index contributed by atoms with van der Waals surface area (Å²) in [6.07, 6.45) is 17.1. The Balaban J connectivity index is 2.96. The highest BCUT2D eigenvalue weighted by atomic mass is 79.9. The average molecular weight is 318 g/mol. The van der Waals surface area contributed by atoms with Crippen LogP contribution in [0, 0.1) is 6.61 Å². The van der Waals surface area contributed by atoms with Gasteiger partial charge >= 0.3 is 0 Å². The third-order valence-corrected chi connectivity index (χ3v) is 3.43. The Morgan fingerprint density at radius 3 is 2.33 bits per heavy atom. The summed E-state index contributed by atoms with van der Waals surface area (Å²) in [6, 6.07) is 0. The molecule has 2 heteroatoms. The number of ether oxygens (including phenoxy) is 1. The molecule has 0 unspecified atom stereocenters. The van der Waals surface area contributed by atoms with Crippen molar-refractivity contribution in [3.05, 3.63) is 18.8 Å². The van der Waals surface area contributed by atoms with E-state index in [2.05, 4.69) is 35.0 Å². The molecule has 1 radical (unpaired) electrons. The second kappa shape index (κ2) is 17.2. The van der Waals surface area contributed by atoms with Crippen molar-refractivity contribution in [3.63, 3.8) is 0 Å². The first-order chi connectivity index (χ1) is 8.91. The predicted octanol–water partition coefficient (Wildman–Crippen LogP) is 6.04. The second-order valence-electron chi connectivity index (χ2n) is 4.69. The Morgan fingerprint density at radius 2 is 1.56 bits per heavy atom. The Labute approximate surface area is 123 Å². The van der Waals surface area contributed by atoms with E-state index in [1.54, 1.807) is 0 Å². The van der Waals surface area contributed by atoms with Crippen LogP contribution in [0.25, 0.3) is 0 Å². The lowest BCUT2D eigenvalue weighted by Crippen LogP contribution is -1.90. The summed E-state index contributed by atoms with van der Waals surface area (Å²) in [5, 5.41) is 1.15. The molecule has 0 rings (SSSR count). The normalized spacial score (nSPS) is 11.4. The molecule has 0 spiro atoms. The molecule has 0 heterocycles. The lowest BCUT2D eigenvalue weighted by atomic mass is 10.1. The first kappa shape index (κ1) is 18.2. The van der Waals surface area contributed by atoms with Crippen LogP contribution in [0.15, 0.2) is 12.2 Å². The molecule has 0 aliphatic rings. The topological polar surface area (TPSA) is 9.23 Å². The second-order valence-corrected chi connectivity index (χ2v) is 5.48. The summed E-state index contributed by atoms with van der Waals surface area (Å²) in [5.74, 6) is 0. The van der Waals surface area contributed by atoms with Crippen LogP contribution in [0.5, 0.6) is 0 Å². The van der Waals surface area contributed by atoms with Gasteiger partial charge in [-0.15, -0.1) is 0 Å². The number of halogens is 1. The van der Waals surface area contributed by atoms with Crippen molar-refractivity contribution in [1.82, 2.24) is 0 Å². The molecule has 1 nitrogen and oxygen atoms in total. The molecule has 18 heavy (non-hydrogen) atoms. The number of hydrogen-bond donors (Lipinski definition) is 0. The van der Waals surface area contributed by atoms with Gasteiger partial charge in [0.15, 0.2) is 0 Å². The van der Waals surface area contributed by atoms with Gasteiger partial charge in [0.25, 0.3) is 0 Å². The third kappa shape index (κ3) is 16.2. The van der Waals surface area contributed by atoms with E-state index >= 15 is 0 Å². The standard InChI is InChI=1S/C16H30BrO/c1-2-3-4-5-9-12-15-18-16-13-10-7-6-8-11-14-17/h5,9,16H,2-4,6-8,10-15H2,1H3/b9-5-. The average Bonchev–Trinajstić information content (AvgIpc) is 2.39. The van der Waals surface area contributed by atoms with Gasteiger partial charge < -0.3 is 4.74 Å². The van der Waals surface area contributed by atoms with Crippen LogP contribution < -0.4 is 0 Å². The van der Waals surface area contributed by atoms with Gasteiger partial charge in [-0.3, -0.25) is 0 Å². The SMILES string of the molecule is CCCC/C=C\CCO[CH]CCCCCCCBr. The zero-order valence-corrected chi connectivity index (χ0v) is 13.6. The number of rotatable bonds is 14. The zero-order chi connectivity index (χ0) is 13.3. The smallest absolute Gasteiger partial charge is 0.0836 e. The van der Waals surface area contributed by atoms with Crippen molar-refractivity contribution in [3.8, 4) is 0 Å². The van der Waals surface area contributed by atoms with Crippen LogP contribution in [-0.2, 0) is 4.74 Å². The summed E-state index contributed by atoms with van der Waals surface area (Å²) < 4.78 is 5.48. The first-order valence-electron chi connectivity index (χ1n) is 7.56. The van der Waals surface area contributed by atoms with Gasteiger partial charge in [-0.1, -0.05) is 73.5 Å². The number of hydrogen-bond acceptors (Lipinski definition) is 1. The Kier molecular flexibility index (Phi) is 17.4. The molecule has 0 aromatic heterocycles. The maximum Gasteiger partial charge on any atom is 0.0836 e. The van der Waals surface area contributed by atoms with E-state index in [1.165, 1.54) is 51.4 Å². The van der Waals surface area contributed by atoms with E-state index in [9.17, 15) is 0 Å². The quantitative estimate of drug-likeness (QED) is 0.216. The molecule has 0 aromatic carbocycles. The lowest BCUT2D eigenvalue weighted by Gasteiger charge is -2.02. The van der Waals surface area contributed by atoms with Crippen LogP contribution in [0.4, 0.5) is 0 Å². The van der Waals surface area contributed by atoms with Gasteiger partial charge in [0.1, 0.15) is 0 Å². The van der Waals surface area contributed by atoms with Crippen molar-refractivity contribution in [2.45, 2.75) is 71.1 Å². The van der Waals surface area contributed by atoms with Crippen LogP contribution in [-0.4, -0.2) is 11.9 Å². The highest BCUT2D eigenvalue weighted by Crippen LogP contribution is 2.08. The highest BCUT2D eigenvalue weighted by molar-refractivity contribution is 9.09. The minimum absolute atomic E-state index is 0.839. The van der Waals surface area contributed by atoms with E-state index in [0.717, 1.165) is 24.8 Å². The monoisotopic (exact) mass is 317 g/mol. The molecule has 0 amide bonds. The van der Waals surface area contributed by atoms with E-state index in [1.807, 2.05) is 6.61 Å². The fourth-order valence-electron chi connectivity index (χ4n) is 1.71. The maximum atomic E-state index is 5.48. The predicted molar refractivity (Wildman–Crippen MR) is 85.0 cm³/mol. The number of unbranched alkanes of at least 4 members (excludes halogenated alkanes) is 7. The first-order valence-corrected chi connectivity index (χ1v) is 8.68. The van der Waals surface area contributed by atoms with Gasteiger partial charge in [-0.2, -0.15) is 0 Å². The summed E-state index contributed by atoms with van der Waals surface area (Å²) >= 11 is 3.46. The van der Waals surface area contributed by atoms with E-state index in [0.29, 0.717) is 0 Å². The molecule has 0 N–H and O–H groups in total. The molecule has 0 bridgehead atoms. The van der Waals surface area contributed by atoms with Crippen LogP contribution in [0.3, 0.4) is 0 Å². The lowest BCUT2D eigenvalue weighted by molar-refractivity contribution is 0.195. The molecule has 0 aliphatic carbocycles. The minimum Gasteiger partial charge on any atom is -0.375 e. The van der Waals surface area contributed by atoms with Gasteiger partial charge in [0, 0.05) is 5.33 Å². The fraction of sp³-hybridized carbons (Fsp3) is 0.812. The van der Waals surface area contributed by atoms with Gasteiger partial charge in [0.05, 0.1) is 13.2 Å². The fourth-order valence-corrected chi connectivity index (χ4v) is 2.11. The van der Waals surface area contributed by atoms with Gasteiger partial charge in [0.2, 0.25) is 0 Å². The van der Waals surface area contributed by atoms with Crippen molar-refractivity contribution < 1.29 is 4.74 Å². The summed E-state index contributed by atoms with van der Waals surface area (Å²) in [7, 11) is 0. The third-order valence-electron chi connectivity index (χ3n) is 2.87. The number of alkyl halides is 1. The van der Waals surface area contributed by atoms with Crippen LogP contribution in [0.1, 0.15) is 71.1 Å². The van der Waals surface area contributed by atoms with Crippen LogP contribution in [0.2, 0.25) is 0 Å². The highest BCUT2D eigenvalue weighted by Gasteiger charge is 1.92. The molecule has 0 saturated heterocycles. The molecule has 0 aromatic rings. The molecular weight excluding hydrogens is 288 g/mol. The van der Waals surface area contributed by atoms with Crippen molar-refractivity contribution in [1.29, 1.82) is 0 Å². The van der Waals surface area contributed by atoms with Crippen LogP contribution >= 0.6 is 15.9 Å². The Morgan fingerprint density at radius 1 is 0.833 bits per heavy atom. The van der Waals surface area contributed by atoms with Crippen molar-refractivity contribution >= 4 is 15.9 Å². The summed E-state index contributed by atoms with van der Waals surface area (Å²) in [4.78, 5) is 0. The van der Waals surface area contributed by atoms with E-state index in [-0.39, 0.29) is 0 Å². The molecule has 0 atom stereocenters. The van der Waals surface area contributed by atoms with Gasteiger partial charge in [-0.25, -0.2) is 0 Å². The Hall–Kier alpha value is 0.180. The Bertz CT molecular complexity index is 168. The largest absolute Gasteiger partial charge is 0.375 e. The molecule has 0 aliphatic heterocycles. The summed E-state index contributed by atoms with van der Waals surface area (Å²) in [6.45, 7) is 5.06. The maximum absolute atomic E-state index is 5.48.